The normalized spacial score (nSPS) is 21.2. The second-order valence-electron chi connectivity index (χ2n) is 7.38. The molecule has 0 saturated carbocycles. The highest BCUT2D eigenvalue weighted by atomic mass is 35.5. The Bertz CT molecular complexity index is 1210. The number of aliphatic carboxylic acids is 2. The quantitative estimate of drug-likeness (QED) is 0.668. The van der Waals surface area contributed by atoms with Crippen molar-refractivity contribution in [1.29, 1.82) is 0 Å². The van der Waals surface area contributed by atoms with Gasteiger partial charge in [-0.3, -0.25) is 4.79 Å². The number of benzene rings is 2. The van der Waals surface area contributed by atoms with Crippen molar-refractivity contribution in [3.05, 3.63) is 88.0 Å². The highest BCUT2D eigenvalue weighted by Crippen LogP contribution is 2.49. The molecule has 2 atom stereocenters. The van der Waals surface area contributed by atoms with E-state index in [1.54, 1.807) is 31.2 Å². The highest BCUT2D eigenvalue weighted by molar-refractivity contribution is 7.91. The van der Waals surface area contributed by atoms with E-state index in [0.29, 0.717) is 16.2 Å². The Kier molecular flexibility index (Phi) is 6.11. The lowest BCUT2D eigenvalue weighted by atomic mass is 9.61. The van der Waals surface area contributed by atoms with Crippen LogP contribution in [0.25, 0.3) is 0 Å². The van der Waals surface area contributed by atoms with Crippen molar-refractivity contribution in [2.45, 2.75) is 30.1 Å². The monoisotopic (exact) mass is 460 g/mol. The number of hydrogen-bond acceptors (Lipinski definition) is 4. The molecule has 162 valence electrons. The molecule has 0 radical (unpaired) electrons. The zero-order valence-corrected chi connectivity index (χ0v) is 18.4. The summed E-state index contributed by atoms with van der Waals surface area (Å²) in [6, 6.07) is 12.0. The summed E-state index contributed by atoms with van der Waals surface area (Å²) < 4.78 is 24.9. The second kappa shape index (κ2) is 8.32. The van der Waals surface area contributed by atoms with Gasteiger partial charge in [-0.2, -0.15) is 0 Å². The molecule has 0 saturated heterocycles. The molecular weight excluding hydrogens is 440 g/mol. The molecule has 31 heavy (non-hydrogen) atoms. The minimum absolute atomic E-state index is 0.0135. The highest BCUT2D eigenvalue weighted by Gasteiger charge is 2.51. The van der Waals surface area contributed by atoms with E-state index in [9.17, 15) is 28.2 Å². The van der Waals surface area contributed by atoms with Crippen molar-refractivity contribution in [2.75, 3.05) is 5.75 Å². The van der Waals surface area contributed by atoms with E-state index >= 15 is 0 Å². The number of hydrogen-bond donors (Lipinski definition) is 2. The maximum atomic E-state index is 12.8. The summed E-state index contributed by atoms with van der Waals surface area (Å²) in [4.78, 5) is 25.0. The maximum Gasteiger partial charge on any atom is 0.332 e. The Labute approximate surface area is 185 Å². The van der Waals surface area contributed by atoms with Crippen LogP contribution in [-0.4, -0.2) is 36.3 Å². The van der Waals surface area contributed by atoms with E-state index in [-0.39, 0.29) is 21.8 Å². The van der Waals surface area contributed by atoms with Crippen LogP contribution in [0.3, 0.4) is 0 Å². The zero-order valence-electron chi connectivity index (χ0n) is 16.9. The molecule has 0 spiro atoms. The Hall–Kier alpha value is -2.90. The van der Waals surface area contributed by atoms with Crippen molar-refractivity contribution in [3.8, 4) is 0 Å². The van der Waals surface area contributed by atoms with Crippen LogP contribution in [0, 0.1) is 0 Å². The molecule has 2 N–H and O–H groups in total. The summed E-state index contributed by atoms with van der Waals surface area (Å²) in [6.07, 6.45) is 2.92. The van der Waals surface area contributed by atoms with Gasteiger partial charge in [0.1, 0.15) is 5.41 Å². The van der Waals surface area contributed by atoms with Gasteiger partial charge in [-0.25, -0.2) is 13.2 Å². The van der Waals surface area contributed by atoms with Gasteiger partial charge in [0.15, 0.2) is 9.84 Å². The fourth-order valence-electron chi connectivity index (χ4n) is 4.01. The van der Waals surface area contributed by atoms with Crippen molar-refractivity contribution in [1.82, 2.24) is 0 Å². The molecule has 0 fully saturated rings. The molecule has 0 bridgehead atoms. The lowest BCUT2D eigenvalue weighted by Crippen LogP contribution is -2.44. The molecule has 2 unspecified atom stereocenters. The van der Waals surface area contributed by atoms with E-state index in [4.69, 9.17) is 11.6 Å². The average Bonchev–Trinajstić information content (AvgIpc) is 2.73. The molecule has 8 heteroatoms. The number of halogens is 1. The van der Waals surface area contributed by atoms with Crippen LogP contribution in [0.2, 0.25) is 5.02 Å². The topological polar surface area (TPSA) is 109 Å². The van der Waals surface area contributed by atoms with Crippen LogP contribution in [-0.2, 0) is 24.8 Å². The van der Waals surface area contributed by atoms with E-state index in [1.165, 1.54) is 43.3 Å². The van der Waals surface area contributed by atoms with Crippen LogP contribution in [0.1, 0.15) is 30.9 Å². The summed E-state index contributed by atoms with van der Waals surface area (Å²) in [7, 11) is -3.60. The van der Waals surface area contributed by atoms with Gasteiger partial charge in [0.25, 0.3) is 0 Å². The maximum absolute atomic E-state index is 12.8. The predicted molar refractivity (Wildman–Crippen MR) is 117 cm³/mol. The van der Waals surface area contributed by atoms with E-state index in [1.807, 2.05) is 0 Å². The summed E-state index contributed by atoms with van der Waals surface area (Å²) in [5.74, 6) is -3.80. The summed E-state index contributed by atoms with van der Waals surface area (Å²) >= 11 is 5.98. The van der Waals surface area contributed by atoms with Crippen LogP contribution in [0.5, 0.6) is 0 Å². The summed E-state index contributed by atoms with van der Waals surface area (Å²) in [5, 5.41) is 20.8. The lowest BCUT2D eigenvalue weighted by molar-refractivity contribution is -0.142. The van der Waals surface area contributed by atoms with Crippen molar-refractivity contribution < 1.29 is 28.2 Å². The third-order valence-corrected chi connectivity index (χ3v) is 7.44. The average molecular weight is 461 g/mol. The molecule has 1 aliphatic rings. The third kappa shape index (κ3) is 4.03. The van der Waals surface area contributed by atoms with E-state index < -0.39 is 33.1 Å². The zero-order chi connectivity index (χ0) is 23.0. The van der Waals surface area contributed by atoms with Crippen LogP contribution in [0.15, 0.2) is 76.7 Å². The Morgan fingerprint density at radius 2 is 1.74 bits per heavy atom. The molecule has 0 aromatic heterocycles. The Morgan fingerprint density at radius 1 is 1.10 bits per heavy atom. The smallest absolute Gasteiger partial charge is 0.332 e. The van der Waals surface area contributed by atoms with Crippen molar-refractivity contribution >= 4 is 33.4 Å². The number of sulfone groups is 1. The van der Waals surface area contributed by atoms with Gasteiger partial charge in [0, 0.05) is 16.5 Å². The third-order valence-electron chi connectivity index (χ3n) is 5.46. The van der Waals surface area contributed by atoms with Gasteiger partial charge in [0.05, 0.1) is 10.6 Å². The molecule has 0 amide bonds. The molecule has 0 aliphatic heterocycles. The van der Waals surface area contributed by atoms with Crippen molar-refractivity contribution in [3.63, 3.8) is 0 Å². The fourth-order valence-corrected chi connectivity index (χ4v) is 5.06. The lowest BCUT2D eigenvalue weighted by Gasteiger charge is -2.39. The molecular formula is C23H21ClO6S. The molecule has 3 rings (SSSR count). The number of carboxylic acids is 2. The van der Waals surface area contributed by atoms with Crippen LogP contribution >= 0.6 is 11.6 Å². The van der Waals surface area contributed by atoms with Gasteiger partial charge in [-0.05, 0) is 48.4 Å². The fraction of sp³-hybridized carbons (Fsp3) is 0.217. The van der Waals surface area contributed by atoms with Gasteiger partial charge in [0.2, 0.25) is 0 Å². The Morgan fingerprint density at radius 3 is 2.29 bits per heavy atom. The largest absolute Gasteiger partial charge is 0.480 e. The number of rotatable bonds is 6. The van der Waals surface area contributed by atoms with Crippen molar-refractivity contribution in [2.24, 2.45) is 0 Å². The Balaban J connectivity index is 2.38. The molecule has 2 aromatic carbocycles. The van der Waals surface area contributed by atoms with Crippen LogP contribution < -0.4 is 0 Å². The SMILES string of the molecule is CCS(=O)(=O)c1cccc(C2(C(=O)O)C=C(C)C=C(C(=O)O)C2c2ccc(Cl)cc2)c1. The minimum atomic E-state index is -3.60. The molecule has 2 aromatic rings. The first-order chi connectivity index (χ1) is 14.5. The van der Waals surface area contributed by atoms with Gasteiger partial charge in [-0.1, -0.05) is 54.4 Å². The summed E-state index contributed by atoms with van der Waals surface area (Å²) in [5.41, 5.74) is -0.865. The van der Waals surface area contributed by atoms with Gasteiger partial charge < -0.3 is 10.2 Å². The molecule has 1 aliphatic carbocycles. The summed E-state index contributed by atoms with van der Waals surface area (Å²) in [6.45, 7) is 3.12. The predicted octanol–water partition coefficient (Wildman–Crippen LogP) is 4.21. The second-order valence-corrected chi connectivity index (χ2v) is 10.1. The number of carboxylic acid groups (broad SMARTS) is 2. The first-order valence-corrected chi connectivity index (χ1v) is 11.5. The first kappa shape index (κ1) is 22.8. The van der Waals surface area contributed by atoms with Gasteiger partial charge in [-0.15, -0.1) is 0 Å². The standard InChI is InChI=1S/C23H21ClO6S/c1-3-31(29,30)18-6-4-5-16(12-18)23(22(27)28)13-14(2)11-19(21(25)26)20(23)15-7-9-17(24)10-8-15/h4-13,20H,3H2,1-2H3,(H,25,26)(H,27,28). The van der Waals surface area contributed by atoms with Gasteiger partial charge >= 0.3 is 11.9 Å². The molecule has 0 heterocycles. The minimum Gasteiger partial charge on any atom is -0.480 e. The van der Waals surface area contributed by atoms with E-state index in [2.05, 4.69) is 0 Å². The molecule has 6 nitrogen and oxygen atoms in total. The first-order valence-electron chi connectivity index (χ1n) is 9.49. The number of allylic oxidation sites excluding steroid dienone is 2. The van der Waals surface area contributed by atoms with E-state index in [0.717, 1.165) is 0 Å². The number of carbonyl (C=O) groups is 2. The van der Waals surface area contributed by atoms with Crippen LogP contribution in [0.4, 0.5) is 0 Å².